The molecule has 15 heavy (non-hydrogen) atoms. The first kappa shape index (κ1) is 15.2. The molecule has 0 rings (SSSR count). The maximum absolute atomic E-state index is 11.4. The Bertz CT molecular complexity index is 393. The molecule has 0 aliphatic rings. The van der Waals surface area contributed by atoms with E-state index in [2.05, 4.69) is 4.72 Å². The Morgan fingerprint density at radius 2 is 1.60 bits per heavy atom. The lowest BCUT2D eigenvalue weighted by molar-refractivity contribution is 0.458. The fraction of sp³-hybridized carbons (Fsp3) is 1.00. The second-order valence-corrected chi connectivity index (χ2v) is 9.16. The van der Waals surface area contributed by atoms with Gasteiger partial charge in [0.2, 0.25) is 19.1 Å². The summed E-state index contributed by atoms with van der Waals surface area (Å²) in [5.41, 5.74) is -0.369. The first-order chi connectivity index (χ1) is 6.41. The average Bonchev–Trinajstić information content (AvgIpc) is 1.75. The lowest BCUT2D eigenvalue weighted by atomic mass is 10.0. The number of hydrogen-bond acceptors (Lipinski definition) is 4. The summed E-state index contributed by atoms with van der Waals surface area (Å²) in [4.78, 5) is 0. The first-order valence-corrected chi connectivity index (χ1v) is 8.44. The predicted molar refractivity (Wildman–Crippen MR) is 60.9 cm³/mol. The van der Waals surface area contributed by atoms with Crippen LogP contribution >= 0.6 is 10.7 Å². The van der Waals surface area contributed by atoms with Crippen LogP contribution in [0.3, 0.4) is 0 Å². The molecule has 92 valence electrons. The van der Waals surface area contributed by atoms with Gasteiger partial charge in [0.05, 0.1) is 11.5 Å². The minimum Gasteiger partial charge on any atom is -0.214 e. The summed E-state index contributed by atoms with van der Waals surface area (Å²) in [6.07, 6.45) is 0. The fourth-order valence-electron chi connectivity index (χ4n) is 0.940. The number of halogens is 1. The molecule has 5 nitrogen and oxygen atoms in total. The zero-order valence-corrected chi connectivity index (χ0v) is 11.3. The first-order valence-electron chi connectivity index (χ1n) is 4.31. The third kappa shape index (κ3) is 10.4. The van der Waals surface area contributed by atoms with Crippen LogP contribution in [0.1, 0.15) is 20.8 Å². The van der Waals surface area contributed by atoms with E-state index < -0.39 is 24.8 Å². The summed E-state index contributed by atoms with van der Waals surface area (Å²) in [5, 5.41) is 0. The SMILES string of the molecule is CC(C)(C)CS(=O)(=O)NCCS(=O)(=O)Cl. The van der Waals surface area contributed by atoms with Gasteiger partial charge in [-0.15, -0.1) is 0 Å². The van der Waals surface area contributed by atoms with E-state index in [1.54, 1.807) is 20.8 Å². The van der Waals surface area contributed by atoms with Crippen LogP contribution in [0.2, 0.25) is 0 Å². The average molecular weight is 278 g/mol. The normalized spacial score (nSPS) is 14.1. The molecule has 0 unspecified atom stereocenters. The van der Waals surface area contributed by atoms with Crippen LogP contribution in [-0.4, -0.2) is 34.9 Å². The molecule has 0 radical (unpaired) electrons. The number of nitrogens with one attached hydrogen (secondary N) is 1. The van der Waals surface area contributed by atoms with E-state index in [0.29, 0.717) is 0 Å². The molecule has 0 aliphatic carbocycles. The van der Waals surface area contributed by atoms with E-state index in [0.717, 1.165) is 0 Å². The topological polar surface area (TPSA) is 80.3 Å². The molecular weight excluding hydrogens is 262 g/mol. The van der Waals surface area contributed by atoms with Crippen LogP contribution in [0.5, 0.6) is 0 Å². The van der Waals surface area contributed by atoms with Crippen LogP contribution in [0.15, 0.2) is 0 Å². The van der Waals surface area contributed by atoms with Crippen molar-refractivity contribution in [2.75, 3.05) is 18.1 Å². The maximum atomic E-state index is 11.4. The molecule has 0 aromatic carbocycles. The van der Waals surface area contributed by atoms with Gasteiger partial charge >= 0.3 is 0 Å². The van der Waals surface area contributed by atoms with E-state index in [1.807, 2.05) is 0 Å². The Kier molecular flexibility index (Phi) is 5.04. The van der Waals surface area contributed by atoms with Crippen molar-refractivity contribution in [2.24, 2.45) is 5.41 Å². The fourth-order valence-corrected chi connectivity index (χ4v) is 3.30. The van der Waals surface area contributed by atoms with Gasteiger partial charge in [0.1, 0.15) is 0 Å². The van der Waals surface area contributed by atoms with Gasteiger partial charge in [-0.1, -0.05) is 20.8 Å². The number of rotatable bonds is 5. The summed E-state index contributed by atoms with van der Waals surface area (Å²) in [6.45, 7) is 5.16. The monoisotopic (exact) mass is 277 g/mol. The Hall–Kier alpha value is 0.150. The molecule has 0 saturated heterocycles. The van der Waals surface area contributed by atoms with Crippen molar-refractivity contribution in [3.8, 4) is 0 Å². The minimum atomic E-state index is -3.64. The van der Waals surface area contributed by atoms with Crippen LogP contribution in [0.25, 0.3) is 0 Å². The van der Waals surface area contributed by atoms with Gasteiger partial charge in [0.15, 0.2) is 0 Å². The highest BCUT2D eigenvalue weighted by atomic mass is 35.7. The summed E-state index contributed by atoms with van der Waals surface area (Å²) in [7, 11) is -2.15. The molecule has 0 aliphatic heterocycles. The highest BCUT2D eigenvalue weighted by Gasteiger charge is 2.21. The third-order valence-corrected chi connectivity index (χ3v) is 4.34. The third-order valence-electron chi connectivity index (χ3n) is 1.29. The molecule has 8 heteroatoms. The van der Waals surface area contributed by atoms with Crippen LogP contribution in [0.4, 0.5) is 0 Å². The van der Waals surface area contributed by atoms with Gasteiger partial charge in [-0.2, -0.15) is 0 Å². The van der Waals surface area contributed by atoms with Crippen LogP contribution < -0.4 is 4.72 Å². The Morgan fingerprint density at radius 1 is 1.13 bits per heavy atom. The second-order valence-electron chi connectivity index (χ2n) is 4.46. The zero-order valence-electron chi connectivity index (χ0n) is 8.95. The summed E-state index contributed by atoms with van der Waals surface area (Å²) >= 11 is 0. The quantitative estimate of drug-likeness (QED) is 0.743. The highest BCUT2D eigenvalue weighted by molar-refractivity contribution is 8.13. The van der Waals surface area contributed by atoms with Crippen molar-refractivity contribution in [3.05, 3.63) is 0 Å². The second kappa shape index (κ2) is 4.99. The molecule has 0 spiro atoms. The molecule has 0 aromatic rings. The van der Waals surface area contributed by atoms with Gasteiger partial charge in [-0.05, 0) is 5.41 Å². The summed E-state index contributed by atoms with van der Waals surface area (Å²) < 4.78 is 46.0. The largest absolute Gasteiger partial charge is 0.233 e. The molecule has 0 aromatic heterocycles. The van der Waals surface area contributed by atoms with Crippen LogP contribution in [0, 0.1) is 5.41 Å². The van der Waals surface area contributed by atoms with Gasteiger partial charge in [-0.25, -0.2) is 21.6 Å². The van der Waals surface area contributed by atoms with Crippen molar-refractivity contribution >= 4 is 29.8 Å². The molecular formula is C7H16ClNO4S2. The van der Waals surface area contributed by atoms with E-state index >= 15 is 0 Å². The molecule has 0 heterocycles. The van der Waals surface area contributed by atoms with E-state index in [-0.39, 0.29) is 17.7 Å². The summed E-state index contributed by atoms with van der Waals surface area (Å²) in [5.74, 6) is -0.458. The Labute approximate surface area is 95.7 Å². The molecule has 0 atom stereocenters. The van der Waals surface area contributed by atoms with E-state index in [1.165, 1.54) is 0 Å². The lowest BCUT2D eigenvalue weighted by Gasteiger charge is -2.18. The highest BCUT2D eigenvalue weighted by Crippen LogP contribution is 2.15. The van der Waals surface area contributed by atoms with Crippen molar-refractivity contribution in [2.45, 2.75) is 20.8 Å². The van der Waals surface area contributed by atoms with Gasteiger partial charge in [0, 0.05) is 17.2 Å². The molecule has 0 fully saturated rings. The standard InChI is InChI=1S/C7H16ClNO4S2/c1-7(2,3)6-15(12,13)9-4-5-14(8,10)11/h9H,4-6H2,1-3H3. The van der Waals surface area contributed by atoms with Crippen LogP contribution in [-0.2, 0) is 19.1 Å². The van der Waals surface area contributed by atoms with E-state index in [4.69, 9.17) is 10.7 Å². The molecule has 0 saturated carbocycles. The van der Waals surface area contributed by atoms with E-state index in [9.17, 15) is 16.8 Å². The number of hydrogen-bond donors (Lipinski definition) is 1. The van der Waals surface area contributed by atoms with Gasteiger partial charge in [-0.3, -0.25) is 0 Å². The summed E-state index contributed by atoms with van der Waals surface area (Å²) in [6, 6.07) is 0. The van der Waals surface area contributed by atoms with Gasteiger partial charge in [0.25, 0.3) is 0 Å². The van der Waals surface area contributed by atoms with Gasteiger partial charge < -0.3 is 0 Å². The molecule has 1 N–H and O–H groups in total. The van der Waals surface area contributed by atoms with Crippen molar-refractivity contribution in [1.29, 1.82) is 0 Å². The van der Waals surface area contributed by atoms with Crippen molar-refractivity contribution < 1.29 is 16.8 Å². The molecule has 0 amide bonds. The molecule has 0 bridgehead atoms. The minimum absolute atomic E-state index is 0.0532. The smallest absolute Gasteiger partial charge is 0.214 e. The van der Waals surface area contributed by atoms with Crippen molar-refractivity contribution in [1.82, 2.24) is 4.72 Å². The van der Waals surface area contributed by atoms with Crippen molar-refractivity contribution in [3.63, 3.8) is 0 Å². The Balaban J connectivity index is 4.19. The predicted octanol–water partition coefficient (Wildman–Crippen LogP) is 0.521. The lowest BCUT2D eigenvalue weighted by Crippen LogP contribution is -2.34. The Morgan fingerprint density at radius 3 is 1.93 bits per heavy atom. The maximum Gasteiger partial charge on any atom is 0.233 e. The zero-order chi connectivity index (χ0) is 12.3. The number of sulfonamides is 1.